The molecule has 1 heterocycles. The lowest BCUT2D eigenvalue weighted by Gasteiger charge is -2.33. The molecular formula is C17H25NO2. The van der Waals surface area contributed by atoms with Crippen molar-refractivity contribution in [1.82, 2.24) is 4.90 Å². The molecule has 0 aliphatic carbocycles. The maximum absolute atomic E-state index is 12.6. The van der Waals surface area contributed by atoms with Gasteiger partial charge < -0.3 is 9.64 Å². The van der Waals surface area contributed by atoms with E-state index in [4.69, 9.17) is 4.74 Å². The van der Waals surface area contributed by atoms with Gasteiger partial charge in [0, 0.05) is 13.1 Å². The third-order valence-corrected chi connectivity index (χ3v) is 3.88. The number of ether oxygens (including phenoxy) is 1. The molecule has 1 aliphatic heterocycles. The van der Waals surface area contributed by atoms with E-state index in [0.29, 0.717) is 12.3 Å². The highest BCUT2D eigenvalue weighted by Gasteiger charge is 2.27. The summed E-state index contributed by atoms with van der Waals surface area (Å²) in [5, 5.41) is 0. The van der Waals surface area contributed by atoms with E-state index in [-0.39, 0.29) is 12.0 Å². The van der Waals surface area contributed by atoms with E-state index in [1.54, 1.807) is 0 Å². The number of rotatable bonds is 4. The number of carbonyl (C=O) groups is 1. The standard InChI is InChI=1S/C17H25NO2/c1-4-16(20-15-9-5-7-13(2)11-15)17(19)18-10-6-8-14(3)12-18/h5,7,9,11,14,16H,4,6,8,10,12H2,1-3H3/t14-,16+/m1/s1. The van der Waals surface area contributed by atoms with Gasteiger partial charge in [0.25, 0.3) is 5.91 Å². The summed E-state index contributed by atoms with van der Waals surface area (Å²) < 4.78 is 5.90. The quantitative estimate of drug-likeness (QED) is 0.842. The second-order valence-electron chi connectivity index (χ2n) is 5.86. The second-order valence-corrected chi connectivity index (χ2v) is 5.86. The first-order valence-electron chi connectivity index (χ1n) is 7.62. The van der Waals surface area contributed by atoms with Crippen LogP contribution in [0.5, 0.6) is 5.75 Å². The van der Waals surface area contributed by atoms with Crippen molar-refractivity contribution in [3.05, 3.63) is 29.8 Å². The lowest BCUT2D eigenvalue weighted by Crippen LogP contribution is -2.46. The molecule has 1 fully saturated rings. The molecule has 1 aromatic carbocycles. The lowest BCUT2D eigenvalue weighted by atomic mass is 9.99. The van der Waals surface area contributed by atoms with Crippen molar-refractivity contribution in [2.75, 3.05) is 13.1 Å². The summed E-state index contributed by atoms with van der Waals surface area (Å²) >= 11 is 0. The summed E-state index contributed by atoms with van der Waals surface area (Å²) in [4.78, 5) is 14.5. The van der Waals surface area contributed by atoms with E-state index >= 15 is 0 Å². The molecule has 0 saturated carbocycles. The number of carbonyl (C=O) groups excluding carboxylic acids is 1. The van der Waals surface area contributed by atoms with E-state index in [1.165, 1.54) is 6.42 Å². The number of amides is 1. The van der Waals surface area contributed by atoms with Crippen LogP contribution >= 0.6 is 0 Å². The van der Waals surface area contributed by atoms with Crippen LogP contribution in [-0.4, -0.2) is 30.0 Å². The van der Waals surface area contributed by atoms with Crippen LogP contribution in [0.2, 0.25) is 0 Å². The minimum atomic E-state index is -0.359. The van der Waals surface area contributed by atoms with Crippen LogP contribution < -0.4 is 4.74 Å². The minimum Gasteiger partial charge on any atom is -0.481 e. The molecule has 0 unspecified atom stereocenters. The summed E-state index contributed by atoms with van der Waals surface area (Å²) in [5.41, 5.74) is 1.15. The molecule has 1 aromatic rings. The highest BCUT2D eigenvalue weighted by Crippen LogP contribution is 2.20. The number of benzene rings is 1. The third-order valence-electron chi connectivity index (χ3n) is 3.88. The molecule has 1 amide bonds. The normalized spacial score (nSPS) is 20.6. The Labute approximate surface area is 121 Å². The maximum atomic E-state index is 12.6. The Morgan fingerprint density at radius 3 is 2.95 bits per heavy atom. The summed E-state index contributed by atoms with van der Waals surface area (Å²) in [6, 6.07) is 7.89. The zero-order chi connectivity index (χ0) is 14.5. The fourth-order valence-electron chi connectivity index (χ4n) is 2.75. The highest BCUT2D eigenvalue weighted by atomic mass is 16.5. The molecule has 1 saturated heterocycles. The molecule has 3 heteroatoms. The molecule has 20 heavy (non-hydrogen) atoms. The Kier molecular flexibility index (Phi) is 5.05. The molecular weight excluding hydrogens is 250 g/mol. The Morgan fingerprint density at radius 2 is 2.30 bits per heavy atom. The minimum absolute atomic E-state index is 0.139. The molecule has 2 rings (SSSR count). The van der Waals surface area contributed by atoms with E-state index in [0.717, 1.165) is 30.8 Å². The van der Waals surface area contributed by atoms with Crippen LogP contribution in [0.1, 0.15) is 38.7 Å². The van der Waals surface area contributed by atoms with Gasteiger partial charge in [-0.1, -0.05) is 26.0 Å². The number of hydrogen-bond acceptors (Lipinski definition) is 2. The van der Waals surface area contributed by atoms with Crippen LogP contribution in [0, 0.1) is 12.8 Å². The molecule has 2 atom stereocenters. The van der Waals surface area contributed by atoms with Gasteiger partial charge in [0.05, 0.1) is 0 Å². The lowest BCUT2D eigenvalue weighted by molar-refractivity contribution is -0.140. The summed E-state index contributed by atoms with van der Waals surface area (Å²) in [6.45, 7) is 7.98. The predicted octanol–water partition coefficient (Wildman–Crippen LogP) is 3.41. The van der Waals surface area contributed by atoms with Crippen molar-refractivity contribution < 1.29 is 9.53 Å². The molecule has 3 nitrogen and oxygen atoms in total. The topological polar surface area (TPSA) is 29.5 Å². The Morgan fingerprint density at radius 1 is 1.50 bits per heavy atom. The van der Waals surface area contributed by atoms with Crippen LogP contribution in [0.15, 0.2) is 24.3 Å². The SMILES string of the molecule is CC[C@H](Oc1cccc(C)c1)C(=O)N1CCC[C@@H](C)C1. The first kappa shape index (κ1) is 14.9. The van der Waals surface area contributed by atoms with E-state index in [9.17, 15) is 4.79 Å². The van der Waals surface area contributed by atoms with Gasteiger partial charge in [-0.25, -0.2) is 0 Å². The van der Waals surface area contributed by atoms with Crippen molar-refractivity contribution >= 4 is 5.91 Å². The van der Waals surface area contributed by atoms with Crippen LogP contribution in [0.25, 0.3) is 0 Å². The molecule has 0 N–H and O–H groups in total. The van der Waals surface area contributed by atoms with Gasteiger partial charge in [-0.2, -0.15) is 0 Å². The van der Waals surface area contributed by atoms with E-state index in [1.807, 2.05) is 43.0 Å². The first-order chi connectivity index (χ1) is 9.60. The Balaban J connectivity index is 2.02. The smallest absolute Gasteiger partial charge is 0.263 e. The fourth-order valence-corrected chi connectivity index (χ4v) is 2.75. The first-order valence-corrected chi connectivity index (χ1v) is 7.62. The number of aryl methyl sites for hydroxylation is 1. The number of piperidine rings is 1. The Hall–Kier alpha value is -1.51. The zero-order valence-electron chi connectivity index (χ0n) is 12.8. The van der Waals surface area contributed by atoms with Crippen molar-refractivity contribution in [1.29, 1.82) is 0 Å². The summed E-state index contributed by atoms with van der Waals surface area (Å²) in [5.74, 6) is 1.53. The molecule has 0 aromatic heterocycles. The summed E-state index contributed by atoms with van der Waals surface area (Å²) in [7, 11) is 0. The van der Waals surface area contributed by atoms with Gasteiger partial charge in [0.1, 0.15) is 5.75 Å². The molecule has 0 radical (unpaired) electrons. The van der Waals surface area contributed by atoms with E-state index < -0.39 is 0 Å². The van der Waals surface area contributed by atoms with Gasteiger partial charge in [-0.3, -0.25) is 4.79 Å². The van der Waals surface area contributed by atoms with Gasteiger partial charge in [0.15, 0.2) is 6.10 Å². The van der Waals surface area contributed by atoms with Gasteiger partial charge in [-0.05, 0) is 49.8 Å². The monoisotopic (exact) mass is 275 g/mol. The average Bonchev–Trinajstić information content (AvgIpc) is 2.44. The zero-order valence-corrected chi connectivity index (χ0v) is 12.8. The van der Waals surface area contributed by atoms with Gasteiger partial charge in [-0.15, -0.1) is 0 Å². The summed E-state index contributed by atoms with van der Waals surface area (Å²) in [6.07, 6.45) is 2.67. The van der Waals surface area contributed by atoms with Gasteiger partial charge in [0.2, 0.25) is 0 Å². The molecule has 1 aliphatic rings. The predicted molar refractivity (Wildman–Crippen MR) is 80.9 cm³/mol. The largest absolute Gasteiger partial charge is 0.481 e. The average molecular weight is 275 g/mol. The van der Waals surface area contributed by atoms with Crippen LogP contribution in [-0.2, 0) is 4.79 Å². The number of likely N-dealkylation sites (tertiary alicyclic amines) is 1. The highest BCUT2D eigenvalue weighted by molar-refractivity contribution is 5.81. The van der Waals surface area contributed by atoms with Gasteiger partial charge >= 0.3 is 0 Å². The fraction of sp³-hybridized carbons (Fsp3) is 0.588. The maximum Gasteiger partial charge on any atom is 0.263 e. The van der Waals surface area contributed by atoms with Crippen LogP contribution in [0.4, 0.5) is 0 Å². The number of nitrogens with zero attached hydrogens (tertiary/aromatic N) is 1. The molecule has 0 bridgehead atoms. The second kappa shape index (κ2) is 6.78. The van der Waals surface area contributed by atoms with Crippen molar-refractivity contribution in [2.45, 2.75) is 46.1 Å². The third kappa shape index (κ3) is 3.75. The molecule has 110 valence electrons. The van der Waals surface area contributed by atoms with Crippen LogP contribution in [0.3, 0.4) is 0 Å². The number of hydrogen-bond donors (Lipinski definition) is 0. The van der Waals surface area contributed by atoms with Crippen molar-refractivity contribution in [3.8, 4) is 5.75 Å². The van der Waals surface area contributed by atoms with E-state index in [2.05, 4.69) is 6.92 Å². The molecule has 0 spiro atoms. The van der Waals surface area contributed by atoms with Crippen molar-refractivity contribution in [2.24, 2.45) is 5.92 Å². The van der Waals surface area contributed by atoms with Crippen molar-refractivity contribution in [3.63, 3.8) is 0 Å². The Bertz CT molecular complexity index is 458.